The molecular weight excluding hydrogens is 325 g/mol. The number of aromatic nitrogens is 2. The first-order valence-corrected chi connectivity index (χ1v) is 7.40. The Labute approximate surface area is 142 Å². The number of nitrogens with two attached hydrogens (primary N) is 1. The van der Waals surface area contributed by atoms with Crippen LogP contribution in [0.4, 0.5) is 4.39 Å². The van der Waals surface area contributed by atoms with Gasteiger partial charge in [0.2, 0.25) is 5.91 Å². The normalized spacial score (nSPS) is 10.4. The molecule has 0 spiro atoms. The molecule has 6 nitrogen and oxygen atoms in total. The van der Waals surface area contributed by atoms with Gasteiger partial charge in [-0.1, -0.05) is 12.1 Å². The largest absolute Gasteiger partial charge is 0.457 e. The maximum Gasteiger partial charge on any atom is 0.338 e. The topological polar surface area (TPSA) is 87.2 Å². The third-order valence-electron chi connectivity index (χ3n) is 3.52. The molecule has 0 unspecified atom stereocenters. The van der Waals surface area contributed by atoms with E-state index in [1.54, 1.807) is 30.5 Å². The molecule has 0 fully saturated rings. The average molecular weight is 339 g/mol. The first kappa shape index (κ1) is 16.4. The van der Waals surface area contributed by atoms with Gasteiger partial charge in [0.1, 0.15) is 18.1 Å². The van der Waals surface area contributed by atoms with Crippen LogP contribution in [0, 0.1) is 5.82 Å². The van der Waals surface area contributed by atoms with Crippen LogP contribution in [0.1, 0.15) is 26.3 Å². The third-order valence-corrected chi connectivity index (χ3v) is 3.52. The van der Waals surface area contributed by atoms with E-state index in [9.17, 15) is 14.0 Å². The summed E-state index contributed by atoms with van der Waals surface area (Å²) in [4.78, 5) is 23.2. The molecule has 1 aromatic heterocycles. The van der Waals surface area contributed by atoms with Crippen LogP contribution in [0.25, 0.3) is 5.69 Å². The molecule has 2 N–H and O–H groups in total. The van der Waals surface area contributed by atoms with Gasteiger partial charge in [-0.2, -0.15) is 5.10 Å². The lowest BCUT2D eigenvalue weighted by molar-refractivity contribution is 0.0472. The number of halogens is 1. The van der Waals surface area contributed by atoms with E-state index in [2.05, 4.69) is 5.10 Å². The van der Waals surface area contributed by atoms with Crippen molar-refractivity contribution in [2.45, 2.75) is 6.61 Å². The zero-order valence-corrected chi connectivity index (χ0v) is 13.1. The summed E-state index contributed by atoms with van der Waals surface area (Å²) in [5.41, 5.74) is 6.45. The number of benzene rings is 2. The van der Waals surface area contributed by atoms with Crippen LogP contribution in [0.15, 0.2) is 60.9 Å². The lowest BCUT2D eigenvalue weighted by Gasteiger charge is -2.08. The van der Waals surface area contributed by atoms with Crippen LogP contribution >= 0.6 is 0 Å². The second kappa shape index (κ2) is 6.96. The molecule has 0 aliphatic carbocycles. The molecule has 126 valence electrons. The minimum atomic E-state index is -0.671. The van der Waals surface area contributed by atoms with E-state index >= 15 is 0 Å². The van der Waals surface area contributed by atoms with E-state index < -0.39 is 17.7 Å². The summed E-state index contributed by atoms with van der Waals surface area (Å²) in [5.74, 6) is -1.83. The van der Waals surface area contributed by atoms with Gasteiger partial charge in [0.05, 0.1) is 5.56 Å². The van der Waals surface area contributed by atoms with Crippen LogP contribution in [0.3, 0.4) is 0 Å². The molecule has 7 heteroatoms. The van der Waals surface area contributed by atoms with Gasteiger partial charge >= 0.3 is 5.97 Å². The number of carbonyl (C=O) groups is 2. The Balaban J connectivity index is 1.70. The monoisotopic (exact) mass is 339 g/mol. The number of nitrogens with zero attached hydrogens (tertiary/aromatic N) is 2. The van der Waals surface area contributed by atoms with Gasteiger partial charge < -0.3 is 10.5 Å². The zero-order chi connectivity index (χ0) is 17.8. The van der Waals surface area contributed by atoms with Gasteiger partial charge in [0.15, 0.2) is 0 Å². The molecule has 0 aliphatic rings. The van der Waals surface area contributed by atoms with Crippen molar-refractivity contribution in [2.75, 3.05) is 0 Å². The number of carbonyl (C=O) groups excluding carboxylic acids is 2. The predicted molar refractivity (Wildman–Crippen MR) is 87.6 cm³/mol. The number of ether oxygens (including phenoxy) is 1. The van der Waals surface area contributed by atoms with Crippen LogP contribution < -0.4 is 5.73 Å². The Bertz CT molecular complexity index is 923. The van der Waals surface area contributed by atoms with Gasteiger partial charge in [-0.15, -0.1) is 0 Å². The SMILES string of the molecule is NC(=O)c1cccc(COC(=O)c2ccc(-n3cccn3)c(F)c2)c1. The van der Waals surface area contributed by atoms with Gasteiger partial charge in [-0.05, 0) is 42.0 Å². The summed E-state index contributed by atoms with van der Waals surface area (Å²) in [6.45, 7) is -0.0531. The summed E-state index contributed by atoms with van der Waals surface area (Å²) in [6, 6.07) is 12.1. The maximum absolute atomic E-state index is 14.2. The number of amides is 1. The van der Waals surface area contributed by atoms with Crippen molar-refractivity contribution >= 4 is 11.9 Å². The van der Waals surface area contributed by atoms with Crippen molar-refractivity contribution in [3.8, 4) is 5.69 Å². The second-order valence-electron chi connectivity index (χ2n) is 5.26. The smallest absolute Gasteiger partial charge is 0.338 e. The first-order chi connectivity index (χ1) is 12.0. The molecule has 2 aromatic carbocycles. The van der Waals surface area contributed by atoms with E-state index in [0.29, 0.717) is 11.1 Å². The molecule has 0 radical (unpaired) electrons. The van der Waals surface area contributed by atoms with Gasteiger partial charge in [0, 0.05) is 18.0 Å². The van der Waals surface area contributed by atoms with E-state index in [4.69, 9.17) is 10.5 Å². The van der Waals surface area contributed by atoms with Gasteiger partial charge in [-0.25, -0.2) is 13.9 Å². The molecule has 1 amide bonds. The number of primary amides is 1. The second-order valence-corrected chi connectivity index (χ2v) is 5.26. The van der Waals surface area contributed by atoms with E-state index in [0.717, 1.165) is 6.07 Å². The molecule has 25 heavy (non-hydrogen) atoms. The molecule has 3 aromatic rings. The minimum absolute atomic E-state index is 0.0531. The predicted octanol–water partition coefficient (Wildman–Crippen LogP) is 2.47. The van der Waals surface area contributed by atoms with Crippen molar-refractivity contribution in [3.63, 3.8) is 0 Å². The van der Waals surface area contributed by atoms with E-state index in [1.807, 2.05) is 0 Å². The van der Waals surface area contributed by atoms with E-state index in [-0.39, 0.29) is 17.9 Å². The number of esters is 1. The fourth-order valence-electron chi connectivity index (χ4n) is 2.28. The maximum atomic E-state index is 14.2. The minimum Gasteiger partial charge on any atom is -0.457 e. The highest BCUT2D eigenvalue weighted by Gasteiger charge is 2.13. The molecule has 1 heterocycles. The first-order valence-electron chi connectivity index (χ1n) is 7.40. The van der Waals surface area contributed by atoms with Crippen LogP contribution in [0.5, 0.6) is 0 Å². The number of rotatable bonds is 5. The highest BCUT2D eigenvalue weighted by atomic mass is 19.1. The van der Waals surface area contributed by atoms with Gasteiger partial charge in [-0.3, -0.25) is 4.79 Å². The van der Waals surface area contributed by atoms with E-state index in [1.165, 1.54) is 29.1 Å². The lowest BCUT2D eigenvalue weighted by atomic mass is 10.1. The Morgan fingerprint density at radius 1 is 1.12 bits per heavy atom. The lowest BCUT2D eigenvalue weighted by Crippen LogP contribution is -2.11. The highest BCUT2D eigenvalue weighted by Crippen LogP contribution is 2.16. The Morgan fingerprint density at radius 2 is 1.96 bits per heavy atom. The molecule has 0 saturated heterocycles. The standard InChI is InChI=1S/C18H14FN3O3/c19-15-10-14(5-6-16(15)22-8-2-7-21-22)18(24)25-11-12-3-1-4-13(9-12)17(20)23/h1-10H,11H2,(H2,20,23). The van der Waals surface area contributed by atoms with Crippen molar-refractivity contribution < 1.29 is 18.7 Å². The molecule has 0 atom stereocenters. The fourth-order valence-corrected chi connectivity index (χ4v) is 2.28. The van der Waals surface area contributed by atoms with Crippen molar-refractivity contribution in [2.24, 2.45) is 5.73 Å². The molecular formula is C18H14FN3O3. The summed E-state index contributed by atoms with van der Waals surface area (Å²) >= 11 is 0. The Kier molecular flexibility index (Phi) is 4.56. The number of hydrogen-bond donors (Lipinski definition) is 1. The zero-order valence-electron chi connectivity index (χ0n) is 13.1. The Hall–Kier alpha value is -3.48. The molecule has 0 saturated carbocycles. The molecule has 3 rings (SSSR count). The van der Waals surface area contributed by atoms with Crippen LogP contribution in [-0.4, -0.2) is 21.7 Å². The number of hydrogen-bond acceptors (Lipinski definition) is 4. The third kappa shape index (κ3) is 3.72. The van der Waals surface area contributed by atoms with Crippen LogP contribution in [-0.2, 0) is 11.3 Å². The quantitative estimate of drug-likeness (QED) is 0.723. The van der Waals surface area contributed by atoms with Crippen molar-refractivity contribution in [1.82, 2.24) is 9.78 Å². The van der Waals surface area contributed by atoms with Gasteiger partial charge in [0.25, 0.3) is 0 Å². The summed E-state index contributed by atoms with van der Waals surface area (Å²) in [6.07, 6.45) is 3.13. The van der Waals surface area contributed by atoms with Crippen LogP contribution in [0.2, 0.25) is 0 Å². The van der Waals surface area contributed by atoms with Crippen molar-refractivity contribution in [3.05, 3.63) is 83.4 Å². The summed E-state index contributed by atoms with van der Waals surface area (Å²) < 4.78 is 20.7. The summed E-state index contributed by atoms with van der Waals surface area (Å²) in [7, 11) is 0. The molecule has 0 bridgehead atoms. The molecule has 0 aliphatic heterocycles. The highest BCUT2D eigenvalue weighted by molar-refractivity contribution is 5.93. The summed E-state index contributed by atoms with van der Waals surface area (Å²) in [5, 5.41) is 3.94. The fraction of sp³-hybridized carbons (Fsp3) is 0.0556. The van der Waals surface area contributed by atoms with Crippen molar-refractivity contribution in [1.29, 1.82) is 0 Å². The average Bonchev–Trinajstić information content (AvgIpc) is 3.14. The Morgan fingerprint density at radius 3 is 2.64 bits per heavy atom.